The maximum absolute atomic E-state index is 15.0. The Hall–Kier alpha value is -3.22. The van der Waals surface area contributed by atoms with Gasteiger partial charge in [-0.3, -0.25) is 14.7 Å². The number of aromatic nitrogens is 1. The first-order valence-corrected chi connectivity index (χ1v) is 11.6. The summed E-state index contributed by atoms with van der Waals surface area (Å²) < 4.78 is 55.6. The van der Waals surface area contributed by atoms with Crippen molar-refractivity contribution in [1.29, 1.82) is 0 Å². The molecule has 4 rings (SSSR count). The number of nitrogens with one attached hydrogen (secondary N) is 4. The predicted molar refractivity (Wildman–Crippen MR) is 120 cm³/mol. The number of benzene rings is 1. The summed E-state index contributed by atoms with van der Waals surface area (Å²) in [5.74, 6) is -2.32. The number of anilines is 3. The van der Waals surface area contributed by atoms with Crippen molar-refractivity contribution in [3.8, 4) is 0 Å². The second kappa shape index (κ2) is 9.10. The second-order valence-electron chi connectivity index (χ2n) is 7.25. The Morgan fingerprint density at radius 3 is 2.75 bits per heavy atom. The van der Waals surface area contributed by atoms with E-state index in [2.05, 4.69) is 37.5 Å². The highest BCUT2D eigenvalue weighted by Gasteiger charge is 2.25. The van der Waals surface area contributed by atoms with Crippen LogP contribution in [0.25, 0.3) is 5.70 Å². The van der Waals surface area contributed by atoms with Crippen LogP contribution in [0.2, 0.25) is 0 Å². The molecule has 0 saturated carbocycles. The van der Waals surface area contributed by atoms with Crippen molar-refractivity contribution < 1.29 is 17.2 Å². The number of hydrogen-bond acceptors (Lipinski definition) is 8. The highest BCUT2D eigenvalue weighted by molar-refractivity contribution is 7.92. The number of hydrogen-bond donors (Lipinski definition) is 4. The largest absolute Gasteiger partial charge is 0.368 e. The number of piperazine rings is 1. The molecule has 0 radical (unpaired) electrons. The first-order valence-electron chi connectivity index (χ1n) is 9.91. The van der Waals surface area contributed by atoms with Gasteiger partial charge in [-0.15, -0.1) is 12.1 Å². The number of nitrogens with zero attached hydrogens (tertiary/aromatic N) is 3. The van der Waals surface area contributed by atoms with Crippen LogP contribution in [0, 0.1) is 11.6 Å². The van der Waals surface area contributed by atoms with E-state index in [0.29, 0.717) is 5.70 Å². The van der Waals surface area contributed by atoms with E-state index in [0.717, 1.165) is 54.6 Å². The van der Waals surface area contributed by atoms with E-state index < -0.39 is 33.1 Å². The van der Waals surface area contributed by atoms with Gasteiger partial charge in [-0.05, 0) is 18.2 Å². The number of pyridine rings is 1. The molecule has 4 N–H and O–H groups in total. The third-order valence-electron chi connectivity index (χ3n) is 5.00. The van der Waals surface area contributed by atoms with E-state index in [9.17, 15) is 12.8 Å². The van der Waals surface area contributed by atoms with Crippen LogP contribution in [0.1, 0.15) is 5.56 Å². The lowest BCUT2D eigenvalue weighted by molar-refractivity contribution is 0.564. The zero-order chi connectivity index (χ0) is 22.7. The van der Waals surface area contributed by atoms with Gasteiger partial charge >= 0.3 is 0 Å². The van der Waals surface area contributed by atoms with Crippen LogP contribution in [0.15, 0.2) is 49.4 Å². The second-order valence-corrected chi connectivity index (χ2v) is 9.02. The molecular formula is C20H23F2N7O2S. The van der Waals surface area contributed by atoms with Crippen molar-refractivity contribution >= 4 is 32.8 Å². The lowest BCUT2D eigenvalue weighted by Gasteiger charge is -2.29. The van der Waals surface area contributed by atoms with Gasteiger partial charge in [0.2, 0.25) is 10.0 Å². The smallest absolute Gasteiger partial charge is 0.236 e. The lowest BCUT2D eigenvalue weighted by atomic mass is 10.2. The van der Waals surface area contributed by atoms with Crippen LogP contribution in [0.4, 0.5) is 25.8 Å². The highest BCUT2D eigenvalue weighted by Crippen LogP contribution is 2.31. The molecule has 3 heterocycles. The fourth-order valence-corrected chi connectivity index (χ4v) is 4.34. The summed E-state index contributed by atoms with van der Waals surface area (Å²) in [6.07, 6.45) is 6.06. The molecule has 12 heteroatoms. The third-order valence-corrected chi connectivity index (χ3v) is 6.20. The fraction of sp³-hybridized carbons (Fsp3) is 0.250. The number of sulfonamides is 1. The molecule has 2 aromatic rings. The van der Waals surface area contributed by atoms with E-state index in [1.807, 2.05) is 6.07 Å². The fourth-order valence-electron chi connectivity index (χ4n) is 3.46. The van der Waals surface area contributed by atoms with E-state index in [4.69, 9.17) is 0 Å². The normalized spacial score (nSPS) is 16.5. The first-order chi connectivity index (χ1) is 15.4. The summed E-state index contributed by atoms with van der Waals surface area (Å²) in [5.41, 5.74) is 6.95. The Morgan fingerprint density at radius 2 is 2.00 bits per heavy atom. The van der Waals surface area contributed by atoms with Gasteiger partial charge in [-0.2, -0.15) is 0 Å². The van der Waals surface area contributed by atoms with Gasteiger partial charge in [-0.25, -0.2) is 17.2 Å². The molecule has 32 heavy (non-hydrogen) atoms. The average molecular weight is 464 g/mol. The molecule has 1 fully saturated rings. The molecule has 1 saturated heterocycles. The summed E-state index contributed by atoms with van der Waals surface area (Å²) in [6, 6.07) is 3.96. The van der Waals surface area contributed by atoms with Gasteiger partial charge in [0.15, 0.2) is 11.6 Å². The predicted octanol–water partition coefficient (Wildman–Crippen LogP) is 1.52. The van der Waals surface area contributed by atoms with Gasteiger partial charge < -0.3 is 15.6 Å². The van der Waals surface area contributed by atoms with Crippen molar-refractivity contribution in [2.24, 2.45) is 0 Å². The maximum Gasteiger partial charge on any atom is 0.236 e. The van der Waals surface area contributed by atoms with E-state index in [1.54, 1.807) is 12.4 Å². The molecule has 1 aromatic heterocycles. The molecule has 1 aromatic carbocycles. The van der Waals surface area contributed by atoms with Crippen LogP contribution in [0.5, 0.6) is 0 Å². The minimum Gasteiger partial charge on any atom is -0.368 e. The van der Waals surface area contributed by atoms with E-state index >= 15 is 4.39 Å². The van der Waals surface area contributed by atoms with Crippen LogP contribution < -0.4 is 30.9 Å². The van der Waals surface area contributed by atoms with E-state index in [-0.39, 0.29) is 5.69 Å². The monoisotopic (exact) mass is 463 g/mol. The van der Waals surface area contributed by atoms with Crippen molar-refractivity contribution in [1.82, 2.24) is 21.3 Å². The van der Waals surface area contributed by atoms with E-state index in [1.165, 1.54) is 12.3 Å². The summed E-state index contributed by atoms with van der Waals surface area (Å²) >= 11 is 0. The molecule has 0 bridgehead atoms. The summed E-state index contributed by atoms with van der Waals surface area (Å²) in [4.78, 5) is 6.49. The number of hydrazine groups is 2. The zero-order valence-corrected chi connectivity index (χ0v) is 17.9. The molecule has 2 aliphatic rings. The minimum atomic E-state index is -3.85. The highest BCUT2D eigenvalue weighted by atomic mass is 32.2. The minimum absolute atomic E-state index is 0.366. The van der Waals surface area contributed by atoms with Gasteiger partial charge in [0.1, 0.15) is 5.69 Å². The molecule has 170 valence electrons. The molecule has 0 unspecified atom stereocenters. The Labute approximate surface area is 184 Å². The molecule has 2 aliphatic heterocycles. The first kappa shape index (κ1) is 22.0. The molecule has 0 amide bonds. The van der Waals surface area contributed by atoms with Gasteiger partial charge in [0, 0.05) is 44.1 Å². The van der Waals surface area contributed by atoms with Crippen molar-refractivity contribution in [2.45, 2.75) is 0 Å². The zero-order valence-electron chi connectivity index (χ0n) is 17.1. The number of rotatable bonds is 7. The van der Waals surface area contributed by atoms with Crippen molar-refractivity contribution in [3.05, 3.63) is 66.6 Å². The molecule has 0 spiro atoms. The van der Waals surface area contributed by atoms with Crippen molar-refractivity contribution in [3.63, 3.8) is 0 Å². The quantitative estimate of drug-likeness (QED) is 0.459. The molecule has 0 aliphatic carbocycles. The van der Waals surface area contributed by atoms with Gasteiger partial charge in [-0.1, -0.05) is 6.08 Å². The van der Waals surface area contributed by atoms with Crippen LogP contribution >= 0.6 is 0 Å². The van der Waals surface area contributed by atoms with Gasteiger partial charge in [0.05, 0.1) is 29.0 Å². The summed E-state index contributed by atoms with van der Waals surface area (Å²) in [7, 11) is -3.85. The Morgan fingerprint density at radius 1 is 1.22 bits per heavy atom. The summed E-state index contributed by atoms with van der Waals surface area (Å²) in [5, 5.41) is 4.41. The molecular weight excluding hydrogens is 440 g/mol. The summed E-state index contributed by atoms with van der Waals surface area (Å²) in [6.45, 7) is 6.83. The molecule has 9 nitrogen and oxygen atoms in total. The van der Waals surface area contributed by atoms with Crippen LogP contribution in [-0.2, 0) is 10.0 Å². The Balaban J connectivity index is 1.60. The molecule has 0 atom stereocenters. The van der Waals surface area contributed by atoms with Crippen LogP contribution in [-0.4, -0.2) is 45.3 Å². The average Bonchev–Trinajstić information content (AvgIpc) is 3.26. The maximum atomic E-state index is 15.0. The van der Waals surface area contributed by atoms with Crippen molar-refractivity contribution in [2.75, 3.05) is 46.6 Å². The topological polar surface area (TPSA) is 102 Å². The third kappa shape index (κ3) is 4.66. The Kier molecular flexibility index (Phi) is 6.26. The Bertz CT molecular complexity index is 1150. The SMILES string of the molecule is C=CCS(=O)(=O)Nc1ccc(F)c(N2C=C(c3cncc(N4CCNCC4)c3)NN2)c1F. The lowest BCUT2D eigenvalue weighted by Crippen LogP contribution is -2.43. The van der Waals surface area contributed by atoms with Crippen LogP contribution in [0.3, 0.4) is 0 Å². The standard InChI is InChI=1S/C20H23F2N7O2S/c1-2-9-32(30,31)26-17-4-3-16(21)20(19(17)22)29-13-18(25-27-29)14-10-15(12-24-11-14)28-7-5-23-6-8-28/h2-4,10-13,23,25-27H,1,5-9H2. The number of halogens is 2. The van der Waals surface area contributed by atoms with Gasteiger partial charge in [0.25, 0.3) is 0 Å².